The summed E-state index contributed by atoms with van der Waals surface area (Å²) in [7, 11) is 0. The van der Waals surface area contributed by atoms with Crippen LogP contribution in [0.4, 0.5) is 0 Å². The number of nitrogens with one attached hydrogen (secondary N) is 1. The van der Waals surface area contributed by atoms with Crippen molar-refractivity contribution in [2.24, 2.45) is 0 Å². The topological polar surface area (TPSA) is 49.3 Å². The molecule has 0 saturated carbocycles. The van der Waals surface area contributed by atoms with Crippen molar-refractivity contribution in [1.82, 2.24) is 5.32 Å². The SMILES string of the molecule is C#C.CCNC(=O)CCO. The van der Waals surface area contributed by atoms with Gasteiger partial charge in [-0.05, 0) is 6.92 Å². The van der Waals surface area contributed by atoms with Crippen LogP contribution in [0.1, 0.15) is 13.3 Å². The zero-order valence-electron chi connectivity index (χ0n) is 6.13. The first-order valence-corrected chi connectivity index (χ1v) is 3.02. The van der Waals surface area contributed by atoms with E-state index < -0.39 is 0 Å². The summed E-state index contributed by atoms with van der Waals surface area (Å²) >= 11 is 0. The Morgan fingerprint density at radius 2 is 2.10 bits per heavy atom. The first kappa shape index (κ1) is 11.7. The van der Waals surface area contributed by atoms with E-state index in [0.717, 1.165) is 0 Å². The summed E-state index contributed by atoms with van der Waals surface area (Å²) in [6.07, 6.45) is 8.22. The van der Waals surface area contributed by atoms with Gasteiger partial charge in [-0.2, -0.15) is 0 Å². The summed E-state index contributed by atoms with van der Waals surface area (Å²) in [4.78, 5) is 10.4. The van der Waals surface area contributed by atoms with Crippen molar-refractivity contribution in [2.75, 3.05) is 13.2 Å². The normalized spacial score (nSPS) is 7.20. The Kier molecular flexibility index (Phi) is 12.8. The third-order valence-corrected chi connectivity index (χ3v) is 0.713. The lowest BCUT2D eigenvalue weighted by Gasteiger charge is -1.96. The molecule has 0 aliphatic carbocycles. The molecule has 0 heterocycles. The molecule has 10 heavy (non-hydrogen) atoms. The van der Waals surface area contributed by atoms with E-state index in [4.69, 9.17) is 5.11 Å². The van der Waals surface area contributed by atoms with Crippen LogP contribution in [-0.2, 0) is 4.79 Å². The van der Waals surface area contributed by atoms with Crippen molar-refractivity contribution in [2.45, 2.75) is 13.3 Å². The number of aliphatic hydroxyl groups is 1. The smallest absolute Gasteiger partial charge is 0.222 e. The highest BCUT2D eigenvalue weighted by Crippen LogP contribution is 1.73. The third kappa shape index (κ3) is 10.1. The van der Waals surface area contributed by atoms with Gasteiger partial charge in [0.15, 0.2) is 0 Å². The lowest BCUT2D eigenvalue weighted by molar-refractivity contribution is -0.121. The standard InChI is InChI=1S/C5H11NO2.C2H2/c1-2-6-5(8)3-4-7;1-2/h7H,2-4H2,1H3,(H,6,8);1-2H. The minimum atomic E-state index is -0.0880. The second-order valence-corrected chi connectivity index (χ2v) is 1.43. The van der Waals surface area contributed by atoms with Crippen molar-refractivity contribution in [3.05, 3.63) is 0 Å². The van der Waals surface area contributed by atoms with Gasteiger partial charge in [-0.3, -0.25) is 4.79 Å². The first-order valence-electron chi connectivity index (χ1n) is 3.02. The van der Waals surface area contributed by atoms with Crippen LogP contribution < -0.4 is 5.32 Å². The van der Waals surface area contributed by atoms with E-state index in [9.17, 15) is 4.79 Å². The van der Waals surface area contributed by atoms with Crippen LogP contribution in [0.25, 0.3) is 0 Å². The summed E-state index contributed by atoms with van der Waals surface area (Å²) in [5, 5.41) is 10.7. The van der Waals surface area contributed by atoms with Gasteiger partial charge in [-0.15, -0.1) is 12.8 Å². The highest BCUT2D eigenvalue weighted by Gasteiger charge is 1.93. The molecule has 0 aromatic carbocycles. The minimum absolute atomic E-state index is 0.0637. The maximum atomic E-state index is 10.4. The number of hydrogen-bond donors (Lipinski definition) is 2. The maximum absolute atomic E-state index is 10.4. The molecule has 0 aliphatic rings. The molecule has 3 nitrogen and oxygen atoms in total. The van der Waals surface area contributed by atoms with Crippen LogP contribution in [-0.4, -0.2) is 24.2 Å². The summed E-state index contributed by atoms with van der Waals surface area (Å²) in [5.41, 5.74) is 0. The van der Waals surface area contributed by atoms with E-state index >= 15 is 0 Å². The second-order valence-electron chi connectivity index (χ2n) is 1.43. The predicted molar refractivity (Wildman–Crippen MR) is 40.3 cm³/mol. The van der Waals surface area contributed by atoms with Crippen molar-refractivity contribution < 1.29 is 9.90 Å². The van der Waals surface area contributed by atoms with Gasteiger partial charge in [-0.25, -0.2) is 0 Å². The Morgan fingerprint density at radius 1 is 1.60 bits per heavy atom. The highest BCUT2D eigenvalue weighted by atomic mass is 16.3. The van der Waals surface area contributed by atoms with Gasteiger partial charge in [0.1, 0.15) is 0 Å². The number of aliphatic hydroxyl groups excluding tert-OH is 1. The van der Waals surface area contributed by atoms with Gasteiger partial charge < -0.3 is 10.4 Å². The molecular formula is C7H13NO2. The molecule has 1 amide bonds. The molecule has 0 spiro atoms. The molecule has 0 atom stereocenters. The first-order chi connectivity index (χ1) is 4.81. The quantitative estimate of drug-likeness (QED) is 0.535. The number of carbonyl (C=O) groups is 1. The van der Waals surface area contributed by atoms with Crippen molar-refractivity contribution in [3.8, 4) is 12.8 Å². The largest absolute Gasteiger partial charge is 0.396 e. The van der Waals surface area contributed by atoms with Crippen LogP contribution in [0.5, 0.6) is 0 Å². The van der Waals surface area contributed by atoms with Crippen molar-refractivity contribution in [1.29, 1.82) is 0 Å². The second kappa shape index (κ2) is 10.9. The van der Waals surface area contributed by atoms with Gasteiger partial charge in [0.2, 0.25) is 5.91 Å². The third-order valence-electron chi connectivity index (χ3n) is 0.713. The molecule has 0 aromatic rings. The Balaban J connectivity index is 0. The minimum Gasteiger partial charge on any atom is -0.396 e. The van der Waals surface area contributed by atoms with E-state index in [0.29, 0.717) is 6.54 Å². The Bertz CT molecular complexity index is 91.0. The highest BCUT2D eigenvalue weighted by molar-refractivity contribution is 5.75. The number of amides is 1. The molecule has 0 bridgehead atoms. The van der Waals surface area contributed by atoms with Crippen LogP contribution >= 0.6 is 0 Å². The molecule has 0 rings (SSSR count). The zero-order chi connectivity index (χ0) is 8.41. The lowest BCUT2D eigenvalue weighted by atomic mass is 10.4. The monoisotopic (exact) mass is 143 g/mol. The molecule has 3 heteroatoms. The van der Waals surface area contributed by atoms with Gasteiger partial charge in [0.25, 0.3) is 0 Å². The molecule has 0 radical (unpaired) electrons. The van der Waals surface area contributed by atoms with E-state index in [1.807, 2.05) is 6.92 Å². The van der Waals surface area contributed by atoms with Crippen LogP contribution in [0.2, 0.25) is 0 Å². The summed E-state index contributed by atoms with van der Waals surface area (Å²) in [5.74, 6) is -0.0880. The van der Waals surface area contributed by atoms with E-state index in [2.05, 4.69) is 18.2 Å². The van der Waals surface area contributed by atoms with Gasteiger partial charge in [-0.1, -0.05) is 0 Å². The van der Waals surface area contributed by atoms with Gasteiger partial charge in [0.05, 0.1) is 6.61 Å². The zero-order valence-corrected chi connectivity index (χ0v) is 6.13. The number of rotatable bonds is 3. The van der Waals surface area contributed by atoms with Gasteiger partial charge >= 0.3 is 0 Å². The Morgan fingerprint density at radius 3 is 2.40 bits per heavy atom. The predicted octanol–water partition coefficient (Wildman–Crippen LogP) is -0.246. The summed E-state index contributed by atoms with van der Waals surface area (Å²) in [6.45, 7) is 2.42. The summed E-state index contributed by atoms with van der Waals surface area (Å²) in [6, 6.07) is 0. The van der Waals surface area contributed by atoms with E-state index in [-0.39, 0.29) is 18.9 Å². The average Bonchev–Trinajstić information content (AvgIpc) is 1.93. The Hall–Kier alpha value is -1.01. The number of hydrogen-bond acceptors (Lipinski definition) is 2. The fourth-order valence-corrected chi connectivity index (χ4v) is 0.387. The number of terminal acetylenes is 1. The molecule has 2 N–H and O–H groups in total. The maximum Gasteiger partial charge on any atom is 0.222 e. The molecule has 0 aliphatic heterocycles. The molecular weight excluding hydrogens is 130 g/mol. The fraction of sp³-hybridized carbons (Fsp3) is 0.571. The Labute approximate surface area is 61.4 Å². The van der Waals surface area contributed by atoms with E-state index in [1.54, 1.807) is 0 Å². The summed E-state index contributed by atoms with van der Waals surface area (Å²) < 4.78 is 0. The van der Waals surface area contributed by atoms with Crippen LogP contribution in [0.3, 0.4) is 0 Å². The fourth-order valence-electron chi connectivity index (χ4n) is 0.387. The van der Waals surface area contributed by atoms with Crippen LogP contribution in [0.15, 0.2) is 0 Å². The van der Waals surface area contributed by atoms with E-state index in [1.165, 1.54) is 0 Å². The molecule has 0 aromatic heterocycles. The van der Waals surface area contributed by atoms with Crippen molar-refractivity contribution >= 4 is 5.91 Å². The number of carbonyl (C=O) groups excluding carboxylic acids is 1. The molecule has 58 valence electrons. The lowest BCUT2D eigenvalue weighted by Crippen LogP contribution is -2.23. The molecule has 0 unspecified atom stereocenters. The molecule has 0 fully saturated rings. The average molecular weight is 143 g/mol. The molecule has 0 saturated heterocycles. The van der Waals surface area contributed by atoms with Gasteiger partial charge in [0, 0.05) is 13.0 Å². The van der Waals surface area contributed by atoms with Crippen LogP contribution in [0, 0.1) is 12.8 Å². The van der Waals surface area contributed by atoms with Crippen molar-refractivity contribution in [3.63, 3.8) is 0 Å².